The summed E-state index contributed by atoms with van der Waals surface area (Å²) in [5.74, 6) is 0.194. The number of carbonyl (C=O) groups excluding carboxylic acids is 1. The summed E-state index contributed by atoms with van der Waals surface area (Å²) in [6.45, 7) is 2.32. The molecule has 10 heteroatoms. The number of imidazole rings is 1. The van der Waals surface area contributed by atoms with E-state index in [1.165, 1.54) is 0 Å². The van der Waals surface area contributed by atoms with Crippen LogP contribution in [0.4, 0.5) is 10.5 Å². The minimum atomic E-state index is -1.38. The van der Waals surface area contributed by atoms with Gasteiger partial charge in [0.15, 0.2) is 5.15 Å². The van der Waals surface area contributed by atoms with Crippen molar-refractivity contribution in [3.05, 3.63) is 46.5 Å². The Bertz CT molecular complexity index is 921. The second-order valence-corrected chi connectivity index (χ2v) is 7.02. The monoisotopic (exact) mass is 433 g/mol. The second-order valence-electron chi connectivity index (χ2n) is 6.66. The van der Waals surface area contributed by atoms with Crippen molar-refractivity contribution in [2.75, 3.05) is 5.32 Å². The first-order chi connectivity index (χ1) is 14.4. The van der Waals surface area contributed by atoms with Crippen LogP contribution in [0.5, 0.6) is 0 Å². The topological polar surface area (TPSA) is 140 Å². The molecular weight excluding hydrogens is 410 g/mol. The fraction of sp³-hybridized carbons (Fsp3) is 0.400. The van der Waals surface area contributed by atoms with Crippen LogP contribution in [0, 0.1) is 11.3 Å². The number of rotatable bonds is 10. The third kappa shape index (κ3) is 6.20. The number of nitrogens with one attached hydrogen (secondary N) is 2. The summed E-state index contributed by atoms with van der Waals surface area (Å²) in [5.41, 5.74) is 1.93. The number of aryl methyl sites for hydroxylation is 1. The zero-order chi connectivity index (χ0) is 22.1. The van der Waals surface area contributed by atoms with Gasteiger partial charge in [-0.3, -0.25) is 4.79 Å². The molecule has 0 saturated heterocycles. The standard InChI is InChI=1S/C20H24ClN5O4/c1-2-3-4-17-25-18(21)16(12-27)26(17)11-13-5-7-14(8-6-13)23-19(28)15(9-10-22)24-20(29)30/h5-8,15,24,27H,2-4,9,11-12H2,1H3,(H,23,28)(H,29,30). The first kappa shape index (κ1) is 23.2. The number of hydrogen-bond acceptors (Lipinski definition) is 5. The van der Waals surface area contributed by atoms with Gasteiger partial charge < -0.3 is 25.4 Å². The smallest absolute Gasteiger partial charge is 0.405 e. The molecule has 1 aromatic carbocycles. The van der Waals surface area contributed by atoms with Gasteiger partial charge in [0.05, 0.1) is 24.8 Å². The molecule has 1 aromatic heterocycles. The van der Waals surface area contributed by atoms with E-state index >= 15 is 0 Å². The van der Waals surface area contributed by atoms with Gasteiger partial charge in [-0.1, -0.05) is 37.1 Å². The van der Waals surface area contributed by atoms with Crippen LogP contribution >= 0.6 is 11.6 Å². The minimum Gasteiger partial charge on any atom is -0.465 e. The van der Waals surface area contributed by atoms with E-state index in [-0.39, 0.29) is 13.0 Å². The van der Waals surface area contributed by atoms with Crippen LogP contribution in [0.15, 0.2) is 24.3 Å². The van der Waals surface area contributed by atoms with E-state index < -0.39 is 18.0 Å². The molecule has 0 radical (unpaired) electrons. The SMILES string of the molecule is CCCCc1nc(Cl)c(CO)n1Cc1ccc(NC(=O)C(CC#N)NC(=O)O)cc1. The molecule has 0 aliphatic carbocycles. The molecule has 2 aromatic rings. The van der Waals surface area contributed by atoms with E-state index in [2.05, 4.69) is 17.2 Å². The van der Waals surface area contributed by atoms with Gasteiger partial charge >= 0.3 is 6.09 Å². The van der Waals surface area contributed by atoms with Crippen LogP contribution in [0.1, 0.15) is 43.3 Å². The number of unbranched alkanes of at least 4 members (excludes halogenated alkanes) is 1. The largest absolute Gasteiger partial charge is 0.465 e. The predicted octanol–water partition coefficient (Wildman–Crippen LogP) is 2.91. The molecule has 160 valence electrons. The summed E-state index contributed by atoms with van der Waals surface area (Å²) in [4.78, 5) is 27.3. The van der Waals surface area contributed by atoms with Crippen LogP contribution in [-0.4, -0.2) is 37.8 Å². The van der Waals surface area contributed by atoms with Crippen molar-refractivity contribution in [2.45, 2.75) is 51.8 Å². The van der Waals surface area contributed by atoms with Gasteiger partial charge in [0.1, 0.15) is 11.9 Å². The zero-order valence-corrected chi connectivity index (χ0v) is 17.3. The number of nitriles is 1. The van der Waals surface area contributed by atoms with Gasteiger partial charge in [-0.15, -0.1) is 0 Å². The van der Waals surface area contributed by atoms with Crippen LogP contribution < -0.4 is 10.6 Å². The Morgan fingerprint density at radius 2 is 2.03 bits per heavy atom. The van der Waals surface area contributed by atoms with Gasteiger partial charge in [0, 0.05) is 18.7 Å². The molecule has 4 N–H and O–H groups in total. The van der Waals surface area contributed by atoms with Gasteiger partial charge in [-0.2, -0.15) is 5.26 Å². The maximum Gasteiger partial charge on any atom is 0.405 e. The van der Waals surface area contributed by atoms with Gasteiger partial charge in [-0.05, 0) is 24.1 Å². The number of aliphatic hydroxyl groups is 1. The fourth-order valence-electron chi connectivity index (χ4n) is 2.92. The maximum absolute atomic E-state index is 12.2. The summed E-state index contributed by atoms with van der Waals surface area (Å²) < 4.78 is 1.89. The molecule has 1 unspecified atom stereocenters. The Hall–Kier alpha value is -3.09. The predicted molar refractivity (Wildman–Crippen MR) is 111 cm³/mol. The number of aromatic nitrogens is 2. The lowest BCUT2D eigenvalue weighted by Crippen LogP contribution is -2.42. The molecule has 0 bridgehead atoms. The molecule has 2 amide bonds. The lowest BCUT2D eigenvalue weighted by atomic mass is 10.1. The molecule has 1 heterocycles. The van der Waals surface area contributed by atoms with Gasteiger partial charge in [0.25, 0.3) is 0 Å². The highest BCUT2D eigenvalue weighted by atomic mass is 35.5. The van der Waals surface area contributed by atoms with E-state index in [9.17, 15) is 14.7 Å². The van der Waals surface area contributed by atoms with Crippen LogP contribution in [0.25, 0.3) is 0 Å². The van der Waals surface area contributed by atoms with E-state index in [0.717, 1.165) is 30.7 Å². The molecule has 0 aliphatic rings. The molecule has 0 saturated carbocycles. The molecule has 0 aliphatic heterocycles. The third-order valence-electron chi connectivity index (χ3n) is 4.48. The summed E-state index contributed by atoms with van der Waals surface area (Å²) in [5, 5.41) is 32.1. The summed E-state index contributed by atoms with van der Waals surface area (Å²) in [6, 6.07) is 7.59. The van der Waals surface area contributed by atoms with E-state index in [1.54, 1.807) is 30.3 Å². The van der Waals surface area contributed by atoms with Crippen LogP contribution in [-0.2, 0) is 24.4 Å². The average Bonchev–Trinajstić information content (AvgIpc) is 3.01. The number of amides is 2. The zero-order valence-electron chi connectivity index (χ0n) is 16.6. The third-order valence-corrected chi connectivity index (χ3v) is 4.78. The quantitative estimate of drug-likeness (QED) is 0.454. The minimum absolute atomic E-state index is 0.219. The van der Waals surface area contributed by atoms with Crippen molar-refractivity contribution in [2.24, 2.45) is 0 Å². The molecule has 9 nitrogen and oxygen atoms in total. The highest BCUT2D eigenvalue weighted by Crippen LogP contribution is 2.21. The number of hydrogen-bond donors (Lipinski definition) is 4. The number of nitrogens with zero attached hydrogens (tertiary/aromatic N) is 3. The Morgan fingerprint density at radius 1 is 1.33 bits per heavy atom. The number of carbonyl (C=O) groups is 2. The number of aliphatic hydroxyl groups excluding tert-OH is 1. The first-order valence-corrected chi connectivity index (χ1v) is 9.88. The Labute approximate surface area is 179 Å². The second kappa shape index (κ2) is 11.2. The van der Waals surface area contributed by atoms with E-state index in [0.29, 0.717) is 23.1 Å². The number of anilines is 1. The first-order valence-electron chi connectivity index (χ1n) is 9.50. The number of halogens is 1. The maximum atomic E-state index is 12.2. The molecule has 30 heavy (non-hydrogen) atoms. The summed E-state index contributed by atoms with van der Waals surface area (Å²) in [6.07, 6.45) is 1.07. The Kier molecular flexibility index (Phi) is 8.65. The van der Waals surface area contributed by atoms with Crippen LogP contribution in [0.3, 0.4) is 0 Å². The van der Waals surface area contributed by atoms with Gasteiger partial charge in [0.2, 0.25) is 5.91 Å². The fourth-order valence-corrected chi connectivity index (χ4v) is 3.18. The molecular formula is C20H24ClN5O4. The highest BCUT2D eigenvalue weighted by molar-refractivity contribution is 6.30. The van der Waals surface area contributed by atoms with Crippen molar-refractivity contribution in [3.63, 3.8) is 0 Å². The highest BCUT2D eigenvalue weighted by Gasteiger charge is 2.20. The molecule has 2 rings (SSSR count). The molecule has 1 atom stereocenters. The van der Waals surface area contributed by atoms with Crippen LogP contribution in [0.2, 0.25) is 5.15 Å². The van der Waals surface area contributed by atoms with Crippen molar-refractivity contribution < 1.29 is 19.8 Å². The van der Waals surface area contributed by atoms with Crippen molar-refractivity contribution in [1.29, 1.82) is 5.26 Å². The van der Waals surface area contributed by atoms with Crippen molar-refractivity contribution >= 4 is 29.3 Å². The molecule has 0 spiro atoms. The summed E-state index contributed by atoms with van der Waals surface area (Å²) in [7, 11) is 0. The summed E-state index contributed by atoms with van der Waals surface area (Å²) >= 11 is 6.16. The lowest BCUT2D eigenvalue weighted by molar-refractivity contribution is -0.117. The number of benzene rings is 1. The lowest BCUT2D eigenvalue weighted by Gasteiger charge is -2.15. The Balaban J connectivity index is 2.12. The average molecular weight is 434 g/mol. The van der Waals surface area contributed by atoms with E-state index in [4.69, 9.17) is 22.0 Å². The molecule has 0 fully saturated rings. The Morgan fingerprint density at radius 3 is 2.60 bits per heavy atom. The van der Waals surface area contributed by atoms with E-state index in [1.807, 2.05) is 9.88 Å². The van der Waals surface area contributed by atoms with Crippen molar-refractivity contribution in [3.8, 4) is 6.07 Å². The normalized spacial score (nSPS) is 11.5. The van der Waals surface area contributed by atoms with Crippen molar-refractivity contribution in [1.82, 2.24) is 14.9 Å². The number of carboxylic acid groups (broad SMARTS) is 1. The van der Waals surface area contributed by atoms with Gasteiger partial charge in [-0.25, -0.2) is 9.78 Å².